The Morgan fingerprint density at radius 1 is 0.906 bits per heavy atom. The minimum Gasteiger partial charge on any atom is -0.328 e. The number of carbonyl (C=O) groups is 1. The second-order valence-electron chi connectivity index (χ2n) is 7.87. The van der Waals surface area contributed by atoms with Crippen molar-refractivity contribution >= 4 is 11.6 Å². The van der Waals surface area contributed by atoms with Crippen molar-refractivity contribution in [1.29, 1.82) is 0 Å². The van der Waals surface area contributed by atoms with Crippen LogP contribution >= 0.6 is 0 Å². The van der Waals surface area contributed by atoms with Gasteiger partial charge in [-0.25, -0.2) is 0 Å². The van der Waals surface area contributed by atoms with E-state index in [1.54, 1.807) is 0 Å². The molecule has 0 spiro atoms. The van der Waals surface area contributed by atoms with Crippen LogP contribution in [0, 0.1) is 0 Å². The lowest BCUT2D eigenvalue weighted by molar-refractivity contribution is -0.123. The third kappa shape index (κ3) is 3.86. The van der Waals surface area contributed by atoms with Gasteiger partial charge in [-0.05, 0) is 30.2 Å². The number of nitrogens with zero attached hydrogens (tertiary/aromatic N) is 2. The number of amides is 1. The highest BCUT2D eigenvalue weighted by Gasteiger charge is 2.27. The van der Waals surface area contributed by atoms with Gasteiger partial charge in [0.15, 0.2) is 6.17 Å². The molecular formula is C27H24N4O. The van der Waals surface area contributed by atoms with E-state index in [1.165, 1.54) is 0 Å². The Kier molecular flexibility index (Phi) is 5.40. The SMILES string of the molecule is N[C@@H](Cc1ccccc1)C(=O)NC1N=C(c2ccccc2)c2ccccc2-n2cccc21. The summed E-state index contributed by atoms with van der Waals surface area (Å²) in [5, 5.41) is 3.08. The topological polar surface area (TPSA) is 72.4 Å². The molecule has 1 unspecified atom stereocenters. The lowest BCUT2D eigenvalue weighted by atomic mass is 10.0. The van der Waals surface area contributed by atoms with Crippen molar-refractivity contribution in [3.8, 4) is 5.69 Å². The summed E-state index contributed by atoms with van der Waals surface area (Å²) in [6, 6.07) is 31.3. The van der Waals surface area contributed by atoms with Crippen LogP contribution in [0.4, 0.5) is 0 Å². The fourth-order valence-corrected chi connectivity index (χ4v) is 4.12. The number of hydrogen-bond donors (Lipinski definition) is 2. The largest absolute Gasteiger partial charge is 0.328 e. The first-order chi connectivity index (χ1) is 15.7. The molecule has 0 radical (unpaired) electrons. The van der Waals surface area contributed by atoms with Gasteiger partial charge < -0.3 is 15.6 Å². The van der Waals surface area contributed by atoms with E-state index in [-0.39, 0.29) is 5.91 Å². The van der Waals surface area contributed by atoms with E-state index in [0.717, 1.165) is 33.8 Å². The highest BCUT2D eigenvalue weighted by Crippen LogP contribution is 2.30. The minimum absolute atomic E-state index is 0.228. The molecule has 0 aliphatic carbocycles. The normalized spacial score (nSPS) is 15.7. The lowest BCUT2D eigenvalue weighted by Crippen LogP contribution is -2.43. The predicted octanol–water partition coefficient (Wildman–Crippen LogP) is 4.01. The molecule has 5 rings (SSSR count). The van der Waals surface area contributed by atoms with Crippen LogP contribution in [0.25, 0.3) is 5.69 Å². The van der Waals surface area contributed by atoms with Gasteiger partial charge in [0.2, 0.25) is 5.91 Å². The van der Waals surface area contributed by atoms with E-state index < -0.39 is 12.2 Å². The molecule has 1 amide bonds. The highest BCUT2D eigenvalue weighted by molar-refractivity contribution is 6.15. The van der Waals surface area contributed by atoms with Gasteiger partial charge in [-0.3, -0.25) is 9.79 Å². The van der Waals surface area contributed by atoms with Crippen LogP contribution in [0.2, 0.25) is 0 Å². The molecule has 2 atom stereocenters. The number of para-hydroxylation sites is 1. The molecule has 1 aliphatic heterocycles. The molecule has 5 heteroatoms. The number of nitrogens with two attached hydrogens (primary N) is 1. The highest BCUT2D eigenvalue weighted by atomic mass is 16.2. The molecule has 5 nitrogen and oxygen atoms in total. The molecule has 3 N–H and O–H groups in total. The van der Waals surface area contributed by atoms with Crippen LogP contribution < -0.4 is 11.1 Å². The summed E-state index contributed by atoms with van der Waals surface area (Å²) in [5.74, 6) is -0.228. The zero-order valence-corrected chi connectivity index (χ0v) is 17.6. The number of hydrogen-bond acceptors (Lipinski definition) is 3. The van der Waals surface area contributed by atoms with E-state index in [0.29, 0.717) is 6.42 Å². The second kappa shape index (κ2) is 8.65. The molecule has 4 aromatic rings. The summed E-state index contributed by atoms with van der Waals surface area (Å²) in [6.45, 7) is 0. The van der Waals surface area contributed by atoms with Gasteiger partial charge >= 0.3 is 0 Å². The van der Waals surface area contributed by atoms with Crippen LogP contribution in [0.5, 0.6) is 0 Å². The van der Waals surface area contributed by atoms with Gasteiger partial charge in [0.1, 0.15) is 0 Å². The Labute approximate surface area is 187 Å². The van der Waals surface area contributed by atoms with E-state index in [1.807, 2.05) is 91.1 Å². The second-order valence-corrected chi connectivity index (χ2v) is 7.87. The Bertz CT molecular complexity index is 1260. The molecule has 0 fully saturated rings. The van der Waals surface area contributed by atoms with Gasteiger partial charge in [0, 0.05) is 17.3 Å². The molecule has 0 bridgehead atoms. The molecule has 2 heterocycles. The fourth-order valence-electron chi connectivity index (χ4n) is 4.12. The molecule has 158 valence electrons. The quantitative estimate of drug-likeness (QED) is 0.512. The minimum atomic E-state index is -0.665. The van der Waals surface area contributed by atoms with Gasteiger partial charge in [-0.15, -0.1) is 0 Å². The average molecular weight is 421 g/mol. The number of carbonyl (C=O) groups excluding carboxylic acids is 1. The van der Waals surface area contributed by atoms with Crippen LogP contribution in [0.15, 0.2) is 108 Å². The Morgan fingerprint density at radius 3 is 2.38 bits per heavy atom. The molecule has 1 aromatic heterocycles. The Morgan fingerprint density at radius 2 is 1.59 bits per heavy atom. The Hall–Kier alpha value is -3.96. The number of nitrogens with one attached hydrogen (secondary N) is 1. The van der Waals surface area contributed by atoms with Gasteiger partial charge in [0.05, 0.1) is 23.1 Å². The van der Waals surface area contributed by atoms with Crippen LogP contribution in [0.1, 0.15) is 28.6 Å². The van der Waals surface area contributed by atoms with E-state index in [4.69, 9.17) is 10.7 Å². The third-order valence-corrected chi connectivity index (χ3v) is 5.70. The summed E-state index contributed by atoms with van der Waals surface area (Å²) in [7, 11) is 0. The summed E-state index contributed by atoms with van der Waals surface area (Å²) >= 11 is 0. The molecule has 0 saturated carbocycles. The summed E-state index contributed by atoms with van der Waals surface area (Å²) in [5.41, 5.74) is 12.1. The van der Waals surface area contributed by atoms with Gasteiger partial charge in [0.25, 0.3) is 0 Å². The summed E-state index contributed by atoms with van der Waals surface area (Å²) in [4.78, 5) is 18.1. The van der Waals surface area contributed by atoms with Crippen molar-refractivity contribution < 1.29 is 4.79 Å². The first-order valence-corrected chi connectivity index (χ1v) is 10.7. The maximum atomic E-state index is 13.1. The zero-order valence-electron chi connectivity index (χ0n) is 17.6. The third-order valence-electron chi connectivity index (χ3n) is 5.70. The van der Waals surface area contributed by atoms with Crippen LogP contribution in [-0.2, 0) is 11.2 Å². The smallest absolute Gasteiger partial charge is 0.239 e. The van der Waals surface area contributed by atoms with Crippen LogP contribution in [-0.4, -0.2) is 22.2 Å². The average Bonchev–Trinajstić information content (AvgIpc) is 3.28. The predicted molar refractivity (Wildman–Crippen MR) is 127 cm³/mol. The van der Waals surface area contributed by atoms with Gasteiger partial charge in [-0.2, -0.15) is 0 Å². The maximum absolute atomic E-state index is 13.1. The first kappa shape index (κ1) is 20.0. The Balaban J connectivity index is 1.52. The number of fused-ring (bicyclic) bond motifs is 3. The fraction of sp³-hybridized carbons (Fsp3) is 0.111. The van der Waals surface area contributed by atoms with Crippen molar-refractivity contribution in [1.82, 2.24) is 9.88 Å². The monoisotopic (exact) mass is 420 g/mol. The van der Waals surface area contributed by atoms with Crippen LogP contribution in [0.3, 0.4) is 0 Å². The zero-order chi connectivity index (χ0) is 21.9. The van der Waals surface area contributed by atoms with Crippen molar-refractivity contribution in [3.63, 3.8) is 0 Å². The van der Waals surface area contributed by atoms with E-state index >= 15 is 0 Å². The number of aliphatic imine (C=N–C) groups is 1. The molecule has 3 aromatic carbocycles. The number of aromatic nitrogens is 1. The standard InChI is InChI=1S/C27H24N4O/c28-22(18-19-10-3-1-4-11-19)27(32)30-26-24-16-9-17-31(24)23-15-8-7-14-21(23)25(29-26)20-12-5-2-6-13-20/h1-17,22,26H,18,28H2,(H,30,32)/t22-,26?/m0/s1. The lowest BCUT2D eigenvalue weighted by Gasteiger charge is -2.19. The maximum Gasteiger partial charge on any atom is 0.239 e. The number of rotatable bonds is 5. The van der Waals surface area contributed by atoms with Crippen molar-refractivity contribution in [2.75, 3.05) is 0 Å². The van der Waals surface area contributed by atoms with Gasteiger partial charge in [-0.1, -0.05) is 78.9 Å². The van der Waals surface area contributed by atoms with Crippen molar-refractivity contribution in [2.45, 2.75) is 18.6 Å². The summed E-state index contributed by atoms with van der Waals surface area (Å²) in [6.07, 6.45) is 1.92. The van der Waals surface area contributed by atoms with E-state index in [2.05, 4.69) is 22.0 Å². The molecular weight excluding hydrogens is 396 g/mol. The molecule has 0 saturated heterocycles. The number of benzene rings is 3. The summed E-state index contributed by atoms with van der Waals surface area (Å²) < 4.78 is 2.09. The molecule has 32 heavy (non-hydrogen) atoms. The van der Waals surface area contributed by atoms with Crippen molar-refractivity contribution in [2.24, 2.45) is 10.7 Å². The molecule has 1 aliphatic rings. The van der Waals surface area contributed by atoms with E-state index in [9.17, 15) is 4.79 Å². The first-order valence-electron chi connectivity index (χ1n) is 10.7. The van der Waals surface area contributed by atoms with Crippen molar-refractivity contribution in [3.05, 3.63) is 126 Å².